The molecule has 118 valence electrons. The Morgan fingerprint density at radius 3 is 2.59 bits per heavy atom. The van der Waals surface area contributed by atoms with Crippen LogP contribution in [0.2, 0.25) is 0 Å². The van der Waals surface area contributed by atoms with Crippen LogP contribution in [-0.4, -0.2) is 47.0 Å². The number of carbonyl (C=O) groups excluding carboxylic acids is 1. The lowest BCUT2D eigenvalue weighted by atomic mass is 9.77. The first kappa shape index (κ1) is 15.0. The van der Waals surface area contributed by atoms with Crippen molar-refractivity contribution in [3.63, 3.8) is 0 Å². The summed E-state index contributed by atoms with van der Waals surface area (Å²) in [7, 11) is 0. The van der Waals surface area contributed by atoms with Gasteiger partial charge in [-0.2, -0.15) is 0 Å². The molecule has 1 aromatic heterocycles. The number of piperidine rings is 1. The Labute approximate surface area is 132 Å². The fraction of sp³-hybridized carbons (Fsp3) is 0.588. The Balaban J connectivity index is 1.61. The van der Waals surface area contributed by atoms with E-state index < -0.39 is 0 Å². The number of hydrogen-bond donors (Lipinski definition) is 0. The summed E-state index contributed by atoms with van der Waals surface area (Å²) in [5, 5.41) is 0. The average molecular weight is 300 g/mol. The normalized spacial score (nSPS) is 20.5. The lowest BCUT2D eigenvalue weighted by Gasteiger charge is -2.38. The number of anilines is 1. The number of carbonyl (C=O) groups is 1. The molecule has 0 radical (unpaired) electrons. The zero-order chi connectivity index (χ0) is 15.6. The van der Waals surface area contributed by atoms with E-state index in [1.54, 1.807) is 12.4 Å². The van der Waals surface area contributed by atoms with Gasteiger partial charge >= 0.3 is 0 Å². The number of rotatable bonds is 3. The van der Waals surface area contributed by atoms with Crippen molar-refractivity contribution >= 4 is 11.9 Å². The minimum absolute atomic E-state index is 0.165. The number of aromatic nitrogens is 2. The van der Waals surface area contributed by atoms with Gasteiger partial charge in [0, 0.05) is 50.4 Å². The lowest BCUT2D eigenvalue weighted by molar-refractivity contribution is -0.127. The summed E-state index contributed by atoms with van der Waals surface area (Å²) < 4.78 is 0. The molecule has 2 aliphatic heterocycles. The maximum absolute atomic E-state index is 12.3. The van der Waals surface area contributed by atoms with Crippen LogP contribution in [-0.2, 0) is 4.79 Å². The number of allylic oxidation sites excluding steroid dienone is 1. The highest BCUT2D eigenvalue weighted by molar-refractivity contribution is 5.79. The summed E-state index contributed by atoms with van der Waals surface area (Å²) in [4.78, 5) is 25.2. The van der Waals surface area contributed by atoms with Crippen LogP contribution in [0, 0.1) is 5.41 Å². The third-order valence-electron chi connectivity index (χ3n) is 4.78. The van der Waals surface area contributed by atoms with Crippen molar-refractivity contribution in [2.75, 3.05) is 31.1 Å². The Kier molecular flexibility index (Phi) is 4.14. The average Bonchev–Trinajstić information content (AvgIpc) is 2.82. The Bertz CT molecular complexity index is 557. The molecule has 5 nitrogen and oxygen atoms in total. The van der Waals surface area contributed by atoms with Crippen molar-refractivity contribution in [1.82, 2.24) is 14.9 Å². The SMILES string of the molecule is CC(C)=CCN1CC2(CCN(c3ncccn3)CC2)CC1=O. The van der Waals surface area contributed by atoms with Crippen LogP contribution >= 0.6 is 0 Å². The molecular formula is C17H24N4O. The molecule has 0 atom stereocenters. The van der Waals surface area contributed by atoms with Gasteiger partial charge in [0.25, 0.3) is 0 Å². The molecule has 2 aliphatic rings. The number of likely N-dealkylation sites (tertiary alicyclic amines) is 1. The number of hydrogen-bond acceptors (Lipinski definition) is 4. The molecule has 22 heavy (non-hydrogen) atoms. The molecule has 5 heteroatoms. The zero-order valence-electron chi connectivity index (χ0n) is 13.5. The Morgan fingerprint density at radius 1 is 1.27 bits per heavy atom. The number of nitrogens with zero attached hydrogens (tertiary/aromatic N) is 4. The molecule has 3 heterocycles. The van der Waals surface area contributed by atoms with Crippen LogP contribution in [0.5, 0.6) is 0 Å². The van der Waals surface area contributed by atoms with Crippen molar-refractivity contribution in [1.29, 1.82) is 0 Å². The molecule has 1 aromatic rings. The van der Waals surface area contributed by atoms with E-state index >= 15 is 0 Å². The maximum Gasteiger partial charge on any atom is 0.225 e. The predicted molar refractivity (Wildman–Crippen MR) is 86.5 cm³/mol. The van der Waals surface area contributed by atoms with E-state index in [9.17, 15) is 4.79 Å². The zero-order valence-corrected chi connectivity index (χ0v) is 13.5. The van der Waals surface area contributed by atoms with E-state index in [1.165, 1.54) is 5.57 Å². The first-order valence-corrected chi connectivity index (χ1v) is 8.01. The van der Waals surface area contributed by atoms with Gasteiger partial charge in [0.2, 0.25) is 11.9 Å². The van der Waals surface area contributed by atoms with Crippen LogP contribution in [0.4, 0.5) is 5.95 Å². The molecule has 0 N–H and O–H groups in total. The van der Waals surface area contributed by atoms with Gasteiger partial charge in [-0.25, -0.2) is 9.97 Å². The van der Waals surface area contributed by atoms with Gasteiger partial charge in [-0.05, 0) is 32.8 Å². The van der Waals surface area contributed by atoms with Crippen LogP contribution in [0.1, 0.15) is 33.1 Å². The molecule has 1 amide bonds. The quantitative estimate of drug-likeness (QED) is 0.804. The van der Waals surface area contributed by atoms with E-state index in [0.29, 0.717) is 12.3 Å². The molecule has 0 bridgehead atoms. The van der Waals surface area contributed by atoms with Gasteiger partial charge in [-0.1, -0.05) is 11.6 Å². The van der Waals surface area contributed by atoms with Crippen LogP contribution < -0.4 is 4.90 Å². The first-order valence-electron chi connectivity index (χ1n) is 8.01. The van der Waals surface area contributed by atoms with E-state index in [2.05, 4.69) is 34.8 Å². The summed E-state index contributed by atoms with van der Waals surface area (Å²) >= 11 is 0. The van der Waals surface area contributed by atoms with Gasteiger partial charge in [-0.15, -0.1) is 0 Å². The molecule has 0 aromatic carbocycles. The lowest BCUT2D eigenvalue weighted by Crippen LogP contribution is -2.42. The highest BCUT2D eigenvalue weighted by atomic mass is 16.2. The van der Waals surface area contributed by atoms with Crippen LogP contribution in [0.25, 0.3) is 0 Å². The topological polar surface area (TPSA) is 49.3 Å². The highest BCUT2D eigenvalue weighted by Gasteiger charge is 2.44. The Morgan fingerprint density at radius 2 is 1.95 bits per heavy atom. The van der Waals surface area contributed by atoms with E-state index in [4.69, 9.17) is 0 Å². The van der Waals surface area contributed by atoms with E-state index in [-0.39, 0.29) is 5.41 Å². The van der Waals surface area contributed by atoms with E-state index in [1.807, 2.05) is 11.0 Å². The van der Waals surface area contributed by atoms with Crippen molar-refractivity contribution in [2.45, 2.75) is 33.1 Å². The van der Waals surface area contributed by atoms with Crippen LogP contribution in [0.15, 0.2) is 30.1 Å². The minimum Gasteiger partial charge on any atom is -0.341 e. The molecule has 3 rings (SSSR count). The molecule has 0 unspecified atom stereocenters. The summed E-state index contributed by atoms with van der Waals surface area (Å²) in [6, 6.07) is 1.84. The summed E-state index contributed by atoms with van der Waals surface area (Å²) in [6.07, 6.45) is 8.50. The summed E-state index contributed by atoms with van der Waals surface area (Å²) in [5.74, 6) is 1.12. The van der Waals surface area contributed by atoms with Gasteiger partial charge in [0.15, 0.2) is 0 Å². The first-order chi connectivity index (χ1) is 10.6. The third kappa shape index (κ3) is 3.13. The largest absolute Gasteiger partial charge is 0.341 e. The molecule has 2 fully saturated rings. The highest BCUT2D eigenvalue weighted by Crippen LogP contribution is 2.41. The maximum atomic E-state index is 12.3. The summed E-state index contributed by atoms with van der Waals surface area (Å²) in [5.41, 5.74) is 1.43. The minimum atomic E-state index is 0.165. The molecule has 0 saturated carbocycles. The van der Waals surface area contributed by atoms with Crippen molar-refractivity contribution in [3.8, 4) is 0 Å². The monoisotopic (exact) mass is 300 g/mol. The van der Waals surface area contributed by atoms with Crippen LogP contribution in [0.3, 0.4) is 0 Å². The second-order valence-corrected chi connectivity index (χ2v) is 6.77. The van der Waals surface area contributed by atoms with Crippen molar-refractivity contribution in [3.05, 3.63) is 30.1 Å². The van der Waals surface area contributed by atoms with Gasteiger partial charge in [0.1, 0.15) is 0 Å². The van der Waals surface area contributed by atoms with Gasteiger partial charge in [-0.3, -0.25) is 4.79 Å². The standard InChI is InChI=1S/C17H24N4O/c1-14(2)4-9-21-13-17(12-15(21)22)5-10-20(11-6-17)16-18-7-3-8-19-16/h3-4,7-8H,5-6,9-13H2,1-2H3. The molecule has 1 spiro atoms. The fourth-order valence-corrected chi connectivity index (χ4v) is 3.41. The molecular weight excluding hydrogens is 276 g/mol. The summed E-state index contributed by atoms with van der Waals surface area (Å²) in [6.45, 7) is 7.69. The Hall–Kier alpha value is -1.91. The third-order valence-corrected chi connectivity index (χ3v) is 4.78. The second kappa shape index (κ2) is 6.07. The fourth-order valence-electron chi connectivity index (χ4n) is 3.41. The second-order valence-electron chi connectivity index (χ2n) is 6.77. The molecule has 2 saturated heterocycles. The van der Waals surface area contributed by atoms with Crippen molar-refractivity contribution in [2.24, 2.45) is 5.41 Å². The predicted octanol–water partition coefficient (Wildman–Crippen LogP) is 2.26. The van der Waals surface area contributed by atoms with Crippen molar-refractivity contribution < 1.29 is 4.79 Å². The van der Waals surface area contributed by atoms with Gasteiger partial charge in [0.05, 0.1) is 0 Å². The van der Waals surface area contributed by atoms with E-state index in [0.717, 1.165) is 45.0 Å². The smallest absolute Gasteiger partial charge is 0.225 e. The number of amides is 1. The molecule has 0 aliphatic carbocycles. The van der Waals surface area contributed by atoms with Gasteiger partial charge < -0.3 is 9.80 Å².